The van der Waals surface area contributed by atoms with E-state index in [2.05, 4.69) is 32.2 Å². The Hall–Kier alpha value is -4.10. The van der Waals surface area contributed by atoms with Crippen molar-refractivity contribution in [3.8, 4) is 5.75 Å². The lowest BCUT2D eigenvalue weighted by Crippen LogP contribution is -2.46. The first-order valence-electron chi connectivity index (χ1n) is 12.2. The first-order valence-corrected chi connectivity index (χ1v) is 12.2. The Morgan fingerprint density at radius 3 is 2.50 bits per heavy atom. The monoisotopic (exact) mass is 481 g/mol. The van der Waals surface area contributed by atoms with E-state index in [4.69, 9.17) is 10.5 Å². The van der Waals surface area contributed by atoms with E-state index in [-0.39, 0.29) is 5.91 Å². The Bertz CT molecular complexity index is 1380. The van der Waals surface area contributed by atoms with Crippen molar-refractivity contribution < 1.29 is 9.53 Å². The summed E-state index contributed by atoms with van der Waals surface area (Å²) in [6.07, 6.45) is 0. The molecule has 7 nitrogen and oxygen atoms in total. The number of nitrogens with two attached hydrogens (primary N) is 1. The van der Waals surface area contributed by atoms with Crippen LogP contribution in [0.3, 0.4) is 0 Å². The first kappa shape index (κ1) is 23.6. The zero-order valence-electron chi connectivity index (χ0n) is 20.7. The quantitative estimate of drug-likeness (QED) is 0.415. The van der Waals surface area contributed by atoms with Crippen LogP contribution in [0.2, 0.25) is 0 Å². The number of anilines is 3. The molecular weight excluding hydrogens is 450 g/mol. The maximum absolute atomic E-state index is 13.2. The molecule has 2 heterocycles. The van der Waals surface area contributed by atoms with Gasteiger partial charge in [0.15, 0.2) is 0 Å². The third-order valence-electron chi connectivity index (χ3n) is 6.69. The highest BCUT2D eigenvalue weighted by atomic mass is 16.5. The molecule has 184 valence electrons. The molecule has 1 aliphatic rings. The summed E-state index contributed by atoms with van der Waals surface area (Å²) in [6, 6.07) is 23.5. The van der Waals surface area contributed by atoms with Crippen LogP contribution in [-0.4, -0.2) is 49.1 Å². The fourth-order valence-electron chi connectivity index (χ4n) is 4.74. The van der Waals surface area contributed by atoms with Crippen LogP contribution in [-0.2, 0) is 6.54 Å². The summed E-state index contributed by atoms with van der Waals surface area (Å²) >= 11 is 0. The minimum Gasteiger partial charge on any atom is -0.497 e. The molecule has 1 saturated heterocycles. The zero-order valence-corrected chi connectivity index (χ0v) is 20.7. The van der Waals surface area contributed by atoms with Crippen LogP contribution in [0, 0.1) is 6.92 Å². The number of hydrogen-bond donors (Lipinski definition) is 2. The van der Waals surface area contributed by atoms with E-state index in [1.54, 1.807) is 7.11 Å². The number of amides is 1. The minimum atomic E-state index is -0.125. The van der Waals surface area contributed by atoms with Crippen molar-refractivity contribution >= 4 is 33.9 Å². The number of ether oxygens (including phenoxy) is 1. The van der Waals surface area contributed by atoms with E-state index in [1.165, 1.54) is 5.69 Å². The van der Waals surface area contributed by atoms with Gasteiger partial charge in [-0.15, -0.1) is 0 Å². The molecule has 0 atom stereocenters. The number of aromatic nitrogens is 1. The van der Waals surface area contributed by atoms with E-state index in [0.717, 1.165) is 60.6 Å². The number of rotatable bonds is 6. The number of nitrogens with one attached hydrogen (secondary N) is 1. The molecule has 0 saturated carbocycles. The molecule has 0 aliphatic carbocycles. The number of nitrogens with zero attached hydrogens (tertiary/aromatic N) is 3. The van der Waals surface area contributed by atoms with Gasteiger partial charge in [0.25, 0.3) is 5.91 Å². The van der Waals surface area contributed by atoms with E-state index in [9.17, 15) is 4.79 Å². The second-order valence-corrected chi connectivity index (χ2v) is 9.16. The third-order valence-corrected chi connectivity index (χ3v) is 6.69. The zero-order chi connectivity index (χ0) is 25.1. The molecule has 36 heavy (non-hydrogen) atoms. The van der Waals surface area contributed by atoms with Gasteiger partial charge < -0.3 is 20.7 Å². The predicted molar refractivity (Wildman–Crippen MR) is 146 cm³/mol. The molecule has 1 aliphatic heterocycles. The Morgan fingerprint density at radius 2 is 1.75 bits per heavy atom. The van der Waals surface area contributed by atoms with Gasteiger partial charge in [-0.2, -0.15) is 0 Å². The molecule has 0 bridgehead atoms. The topological polar surface area (TPSA) is 83.7 Å². The number of benzene rings is 3. The van der Waals surface area contributed by atoms with Crippen molar-refractivity contribution in [2.24, 2.45) is 0 Å². The summed E-state index contributed by atoms with van der Waals surface area (Å²) in [7, 11) is 1.68. The van der Waals surface area contributed by atoms with Gasteiger partial charge in [0.05, 0.1) is 12.6 Å². The molecule has 5 rings (SSSR count). The summed E-state index contributed by atoms with van der Waals surface area (Å²) < 4.78 is 5.27. The number of carbonyl (C=O) groups excluding carboxylic acids is 1. The number of hydrogen-bond acceptors (Lipinski definition) is 6. The molecule has 7 heteroatoms. The summed E-state index contributed by atoms with van der Waals surface area (Å²) in [4.78, 5) is 22.6. The normalized spacial score (nSPS) is 14.1. The second-order valence-electron chi connectivity index (χ2n) is 9.16. The Labute approximate surface area is 211 Å². The van der Waals surface area contributed by atoms with E-state index >= 15 is 0 Å². The lowest BCUT2D eigenvalue weighted by atomic mass is 10.1. The second kappa shape index (κ2) is 10.3. The van der Waals surface area contributed by atoms with Crippen LogP contribution < -0.4 is 20.7 Å². The summed E-state index contributed by atoms with van der Waals surface area (Å²) in [5, 5.41) is 3.88. The third kappa shape index (κ3) is 5.11. The molecule has 3 aromatic carbocycles. The van der Waals surface area contributed by atoms with Crippen LogP contribution >= 0.6 is 0 Å². The van der Waals surface area contributed by atoms with Crippen LogP contribution in [0.15, 0.2) is 72.8 Å². The van der Waals surface area contributed by atoms with Gasteiger partial charge in [0.2, 0.25) is 0 Å². The van der Waals surface area contributed by atoms with E-state index in [0.29, 0.717) is 16.9 Å². The van der Waals surface area contributed by atoms with Crippen molar-refractivity contribution in [2.75, 3.05) is 49.2 Å². The van der Waals surface area contributed by atoms with Crippen molar-refractivity contribution in [2.45, 2.75) is 13.5 Å². The highest BCUT2D eigenvalue weighted by Crippen LogP contribution is 2.25. The van der Waals surface area contributed by atoms with Crippen molar-refractivity contribution in [3.63, 3.8) is 0 Å². The average Bonchev–Trinajstić information content (AvgIpc) is 2.90. The standard InChI is InChI=1S/C29H31N5O2/c1-20-17-27(30)26-18-22(7-12-28(26)31-20)32-29(35)25-6-4-3-5-21(25)19-33-13-15-34(16-14-33)23-8-10-24(36-2)11-9-23/h3-12,17-18H,13-16,19H2,1-2H3,(H2,30,31)(H,32,35). The minimum absolute atomic E-state index is 0.125. The van der Waals surface area contributed by atoms with Crippen molar-refractivity contribution in [3.05, 3.63) is 89.6 Å². The number of nitrogen functional groups attached to an aromatic ring is 1. The van der Waals surface area contributed by atoms with Crippen molar-refractivity contribution in [1.82, 2.24) is 9.88 Å². The molecule has 1 amide bonds. The number of fused-ring (bicyclic) bond motifs is 1. The largest absolute Gasteiger partial charge is 0.497 e. The van der Waals surface area contributed by atoms with Crippen molar-refractivity contribution in [1.29, 1.82) is 0 Å². The van der Waals surface area contributed by atoms with E-state index in [1.807, 2.05) is 67.6 Å². The molecule has 4 aromatic rings. The Morgan fingerprint density at radius 1 is 1.00 bits per heavy atom. The van der Waals surface area contributed by atoms with Gasteiger partial charge in [-0.1, -0.05) is 18.2 Å². The average molecular weight is 482 g/mol. The lowest BCUT2D eigenvalue weighted by molar-refractivity contribution is 0.102. The smallest absolute Gasteiger partial charge is 0.255 e. The summed E-state index contributed by atoms with van der Waals surface area (Å²) in [6.45, 7) is 6.38. The maximum atomic E-state index is 13.2. The number of carbonyl (C=O) groups is 1. The lowest BCUT2D eigenvalue weighted by Gasteiger charge is -2.36. The van der Waals surface area contributed by atoms with Gasteiger partial charge in [-0.25, -0.2) is 0 Å². The molecule has 3 N–H and O–H groups in total. The van der Waals surface area contributed by atoms with Gasteiger partial charge >= 0.3 is 0 Å². The van der Waals surface area contributed by atoms with Gasteiger partial charge in [-0.05, 0) is 67.1 Å². The van der Waals surface area contributed by atoms with Crippen LogP contribution in [0.1, 0.15) is 21.6 Å². The van der Waals surface area contributed by atoms with Crippen LogP contribution in [0.25, 0.3) is 10.9 Å². The van der Waals surface area contributed by atoms with Gasteiger partial charge in [0, 0.05) is 66.4 Å². The number of pyridine rings is 1. The highest BCUT2D eigenvalue weighted by molar-refractivity contribution is 6.06. The molecule has 0 spiro atoms. The van der Waals surface area contributed by atoms with Gasteiger partial charge in [0.1, 0.15) is 5.75 Å². The number of aryl methyl sites for hydroxylation is 1. The molecule has 0 radical (unpaired) electrons. The highest BCUT2D eigenvalue weighted by Gasteiger charge is 2.20. The summed E-state index contributed by atoms with van der Waals surface area (Å²) in [5.74, 6) is 0.742. The Balaban J connectivity index is 1.25. The Kier molecular flexibility index (Phi) is 6.73. The fraction of sp³-hybridized carbons (Fsp3) is 0.241. The van der Waals surface area contributed by atoms with Gasteiger partial charge in [-0.3, -0.25) is 14.7 Å². The maximum Gasteiger partial charge on any atom is 0.255 e. The molecule has 1 aromatic heterocycles. The SMILES string of the molecule is COc1ccc(N2CCN(Cc3ccccc3C(=O)Nc3ccc4nc(C)cc(N)c4c3)CC2)cc1. The number of piperazine rings is 1. The predicted octanol–water partition coefficient (Wildman–Crippen LogP) is 4.71. The summed E-state index contributed by atoms with van der Waals surface area (Å²) in [5.41, 5.74) is 12.1. The first-order chi connectivity index (χ1) is 17.5. The van der Waals surface area contributed by atoms with E-state index < -0.39 is 0 Å². The fourth-order valence-corrected chi connectivity index (χ4v) is 4.74. The number of methoxy groups -OCH3 is 1. The van der Waals surface area contributed by atoms with Crippen LogP contribution in [0.4, 0.5) is 17.1 Å². The molecule has 1 fully saturated rings. The molecular formula is C29H31N5O2. The molecule has 0 unspecified atom stereocenters. The van der Waals surface area contributed by atoms with Crippen LogP contribution in [0.5, 0.6) is 5.75 Å².